The average Bonchev–Trinajstić information content (AvgIpc) is 3.46. The third kappa shape index (κ3) is 4.33. The van der Waals surface area contributed by atoms with Crippen LogP contribution in [0.1, 0.15) is 49.3 Å². The number of rotatable bonds is 4. The van der Waals surface area contributed by atoms with Gasteiger partial charge in [0.05, 0.1) is 36.0 Å². The molecule has 2 aliphatic rings. The van der Waals surface area contributed by atoms with Crippen LogP contribution in [-0.2, 0) is 16.2 Å². The van der Waals surface area contributed by atoms with Crippen molar-refractivity contribution in [3.05, 3.63) is 65.4 Å². The first-order valence-corrected chi connectivity index (χ1v) is 11.3. The van der Waals surface area contributed by atoms with E-state index >= 15 is 0 Å². The van der Waals surface area contributed by atoms with Crippen molar-refractivity contribution < 1.29 is 18.4 Å². The molecular formula is C25H24F2N4O2. The van der Waals surface area contributed by atoms with Crippen LogP contribution >= 0.6 is 0 Å². The number of benzene rings is 2. The molecule has 3 aromatic rings. The third-order valence-electron chi connectivity index (χ3n) is 6.79. The molecule has 6 nitrogen and oxygen atoms in total. The zero-order chi connectivity index (χ0) is 22.9. The number of nitriles is 1. The summed E-state index contributed by atoms with van der Waals surface area (Å²) in [5.41, 5.74) is 1.74. The first kappa shape index (κ1) is 21.5. The molecule has 1 atom stereocenters. The van der Waals surface area contributed by atoms with E-state index in [9.17, 15) is 13.6 Å². The molecule has 0 unspecified atom stereocenters. The molecule has 1 amide bonds. The number of fused-ring (bicyclic) bond motifs is 1. The summed E-state index contributed by atoms with van der Waals surface area (Å²) in [5, 5.41) is 15.7. The van der Waals surface area contributed by atoms with Crippen LogP contribution in [-0.4, -0.2) is 27.4 Å². The maximum absolute atomic E-state index is 13.9. The largest absolute Gasteiger partial charge is 0.272 e. The highest BCUT2D eigenvalue weighted by Gasteiger charge is 2.37. The first-order chi connectivity index (χ1) is 16.0. The smallest absolute Gasteiger partial charge is 0.249 e. The van der Waals surface area contributed by atoms with Crippen molar-refractivity contribution in [1.29, 1.82) is 5.26 Å². The summed E-state index contributed by atoms with van der Waals surface area (Å²) in [7, 11) is 0. The van der Waals surface area contributed by atoms with Crippen LogP contribution in [0.3, 0.4) is 0 Å². The van der Waals surface area contributed by atoms with Crippen molar-refractivity contribution in [1.82, 2.24) is 14.8 Å². The second-order valence-electron chi connectivity index (χ2n) is 8.93. The van der Waals surface area contributed by atoms with Gasteiger partial charge in [0.2, 0.25) is 5.91 Å². The Morgan fingerprint density at radius 3 is 2.70 bits per heavy atom. The molecule has 5 rings (SSSR count). The fraction of sp³-hybridized carbons (Fsp3) is 0.400. The number of hydroxylamine groups is 2. The molecule has 0 radical (unpaired) electrons. The molecule has 1 saturated carbocycles. The molecule has 1 saturated heterocycles. The number of aromatic nitrogens is 2. The van der Waals surface area contributed by atoms with Crippen LogP contribution < -0.4 is 0 Å². The van der Waals surface area contributed by atoms with E-state index in [1.165, 1.54) is 29.3 Å². The van der Waals surface area contributed by atoms with E-state index < -0.39 is 5.82 Å². The van der Waals surface area contributed by atoms with E-state index in [2.05, 4.69) is 5.10 Å². The van der Waals surface area contributed by atoms with Gasteiger partial charge in [0, 0.05) is 24.3 Å². The zero-order valence-electron chi connectivity index (χ0n) is 18.1. The van der Waals surface area contributed by atoms with Crippen LogP contribution in [0.15, 0.2) is 42.6 Å². The predicted molar refractivity (Wildman–Crippen MR) is 116 cm³/mol. The molecule has 0 bridgehead atoms. The molecule has 2 heterocycles. The quantitative estimate of drug-likeness (QED) is 0.567. The maximum atomic E-state index is 13.9. The van der Waals surface area contributed by atoms with Gasteiger partial charge in [-0.3, -0.25) is 14.3 Å². The Hall–Kier alpha value is -3.31. The minimum absolute atomic E-state index is 0.0706. The highest BCUT2D eigenvalue weighted by atomic mass is 19.1. The van der Waals surface area contributed by atoms with Gasteiger partial charge in [-0.15, -0.1) is 0 Å². The van der Waals surface area contributed by atoms with Gasteiger partial charge in [0.25, 0.3) is 0 Å². The summed E-state index contributed by atoms with van der Waals surface area (Å²) in [4.78, 5) is 18.9. The van der Waals surface area contributed by atoms with Crippen molar-refractivity contribution in [2.24, 2.45) is 11.8 Å². The van der Waals surface area contributed by atoms with E-state index in [1.54, 1.807) is 18.3 Å². The molecule has 0 N–H and O–H groups in total. The summed E-state index contributed by atoms with van der Waals surface area (Å²) in [6, 6.07) is 10.5. The SMILES string of the molecule is N#Cc1cc(F)cc([C@@H]2CCON2C(=O)[C@H]2CC[C@H](Cn3ncc4cc(F)ccc43)CC2)c1. The Morgan fingerprint density at radius 2 is 1.91 bits per heavy atom. The highest BCUT2D eigenvalue weighted by Crippen LogP contribution is 2.37. The number of halogens is 2. The lowest BCUT2D eigenvalue weighted by Gasteiger charge is -2.32. The normalized spacial score (nSPS) is 23.1. The van der Waals surface area contributed by atoms with Gasteiger partial charge in [-0.05, 0) is 73.6 Å². The number of nitrogens with zero attached hydrogens (tertiary/aromatic N) is 4. The van der Waals surface area contributed by atoms with Gasteiger partial charge < -0.3 is 0 Å². The minimum atomic E-state index is -0.488. The second-order valence-corrected chi connectivity index (χ2v) is 8.93. The van der Waals surface area contributed by atoms with Crippen molar-refractivity contribution in [2.45, 2.75) is 44.7 Å². The van der Waals surface area contributed by atoms with Crippen LogP contribution in [0.5, 0.6) is 0 Å². The predicted octanol–water partition coefficient (Wildman–Crippen LogP) is 4.90. The molecule has 33 heavy (non-hydrogen) atoms. The molecular weight excluding hydrogens is 426 g/mol. The van der Waals surface area contributed by atoms with Crippen LogP contribution in [0, 0.1) is 34.8 Å². The van der Waals surface area contributed by atoms with E-state index in [0.29, 0.717) is 24.5 Å². The summed E-state index contributed by atoms with van der Waals surface area (Å²) >= 11 is 0. The number of carbonyl (C=O) groups is 1. The van der Waals surface area contributed by atoms with Crippen LogP contribution in [0.2, 0.25) is 0 Å². The molecule has 2 fully saturated rings. The lowest BCUT2D eigenvalue weighted by atomic mass is 9.81. The number of hydrogen-bond acceptors (Lipinski definition) is 4. The van der Waals surface area contributed by atoms with Crippen molar-refractivity contribution in [3.8, 4) is 6.07 Å². The molecule has 8 heteroatoms. The van der Waals surface area contributed by atoms with Gasteiger partial charge in [0.15, 0.2) is 0 Å². The van der Waals surface area contributed by atoms with E-state index in [1.807, 2.05) is 10.8 Å². The zero-order valence-corrected chi connectivity index (χ0v) is 18.1. The third-order valence-corrected chi connectivity index (χ3v) is 6.79. The topological polar surface area (TPSA) is 71.2 Å². The van der Waals surface area contributed by atoms with Crippen molar-refractivity contribution in [3.63, 3.8) is 0 Å². The molecule has 2 aromatic carbocycles. The second kappa shape index (κ2) is 8.91. The molecule has 1 aliphatic carbocycles. The lowest BCUT2D eigenvalue weighted by Crippen LogP contribution is -2.37. The Bertz CT molecular complexity index is 1230. The summed E-state index contributed by atoms with van der Waals surface area (Å²) in [6.45, 7) is 1.12. The summed E-state index contributed by atoms with van der Waals surface area (Å²) in [5.74, 6) is -0.588. The van der Waals surface area contributed by atoms with E-state index in [0.717, 1.165) is 43.1 Å². The van der Waals surface area contributed by atoms with E-state index in [-0.39, 0.29) is 29.2 Å². The lowest BCUT2D eigenvalue weighted by molar-refractivity contribution is -0.183. The molecule has 1 aromatic heterocycles. The Kier molecular flexibility index (Phi) is 5.81. The molecule has 0 spiro atoms. The van der Waals surface area contributed by atoms with Gasteiger partial charge in [-0.2, -0.15) is 10.4 Å². The fourth-order valence-electron chi connectivity index (χ4n) is 5.08. The van der Waals surface area contributed by atoms with Crippen molar-refractivity contribution >= 4 is 16.8 Å². The number of carbonyl (C=O) groups excluding carboxylic acids is 1. The van der Waals surface area contributed by atoms with Crippen LogP contribution in [0.4, 0.5) is 8.78 Å². The van der Waals surface area contributed by atoms with Crippen molar-refractivity contribution in [2.75, 3.05) is 6.61 Å². The Balaban J connectivity index is 1.23. The van der Waals surface area contributed by atoms with Gasteiger partial charge >= 0.3 is 0 Å². The Morgan fingerprint density at radius 1 is 1.09 bits per heavy atom. The van der Waals surface area contributed by atoms with Gasteiger partial charge in [0.1, 0.15) is 11.6 Å². The summed E-state index contributed by atoms with van der Waals surface area (Å²) in [6.07, 6.45) is 5.52. The minimum Gasteiger partial charge on any atom is -0.272 e. The first-order valence-electron chi connectivity index (χ1n) is 11.3. The Labute approximate surface area is 190 Å². The van der Waals surface area contributed by atoms with E-state index in [4.69, 9.17) is 10.1 Å². The highest BCUT2D eigenvalue weighted by molar-refractivity contribution is 5.79. The van der Waals surface area contributed by atoms with Crippen LogP contribution in [0.25, 0.3) is 10.9 Å². The van der Waals surface area contributed by atoms with Gasteiger partial charge in [-0.25, -0.2) is 13.8 Å². The molecule has 170 valence electrons. The summed E-state index contributed by atoms with van der Waals surface area (Å²) < 4.78 is 29.3. The molecule has 1 aliphatic heterocycles. The number of hydrogen-bond donors (Lipinski definition) is 0. The average molecular weight is 450 g/mol. The monoisotopic (exact) mass is 450 g/mol. The standard InChI is InChI=1S/C25H24F2N4O2/c26-21-5-6-23-20(12-21)14-29-30(23)15-16-1-3-18(4-2-16)25(32)31-24(7-8-33-31)19-9-17(13-28)10-22(27)11-19/h5-6,9-12,14,16,18,24H,1-4,7-8,15H2/t16-,18-,24-/m0/s1. The number of amides is 1. The van der Waals surface area contributed by atoms with Gasteiger partial charge in [-0.1, -0.05) is 0 Å². The maximum Gasteiger partial charge on any atom is 0.249 e. The fourth-order valence-corrected chi connectivity index (χ4v) is 5.08.